The molecule has 0 aliphatic carbocycles. The van der Waals surface area contributed by atoms with Crippen LogP contribution < -0.4 is 10.1 Å². The highest BCUT2D eigenvalue weighted by Gasteiger charge is 2.00. The van der Waals surface area contributed by atoms with E-state index in [1.54, 1.807) is 0 Å². The van der Waals surface area contributed by atoms with E-state index in [0.29, 0.717) is 0 Å². The van der Waals surface area contributed by atoms with Crippen LogP contribution in [0, 0.1) is 0 Å². The molecule has 3 aromatic rings. The van der Waals surface area contributed by atoms with Gasteiger partial charge in [-0.1, -0.05) is 54.6 Å². The van der Waals surface area contributed by atoms with Gasteiger partial charge in [0.15, 0.2) is 0 Å². The predicted molar refractivity (Wildman–Crippen MR) is 101 cm³/mol. The van der Waals surface area contributed by atoms with Crippen molar-refractivity contribution < 1.29 is 4.74 Å². The van der Waals surface area contributed by atoms with Crippen molar-refractivity contribution in [3.8, 4) is 16.9 Å². The molecule has 2 heteroatoms. The summed E-state index contributed by atoms with van der Waals surface area (Å²) in [5.74, 6) is 0.905. The van der Waals surface area contributed by atoms with E-state index >= 15 is 0 Å². The molecule has 0 atom stereocenters. The summed E-state index contributed by atoms with van der Waals surface area (Å²) in [7, 11) is 0. The molecular weight excluding hydrogens is 294 g/mol. The molecule has 2 nitrogen and oxygen atoms in total. The molecule has 1 N–H and O–H groups in total. The lowest BCUT2D eigenvalue weighted by Crippen LogP contribution is -2.05. The predicted octanol–water partition coefficient (Wildman–Crippen LogP) is 5.75. The maximum absolute atomic E-state index is 5.66. The number of hydrogen-bond acceptors (Lipinski definition) is 2. The van der Waals surface area contributed by atoms with Gasteiger partial charge in [0.25, 0.3) is 0 Å². The van der Waals surface area contributed by atoms with E-state index < -0.39 is 0 Å². The standard InChI is InChI=1S/C22H23NO/c1-17(2)24-22-14-12-21(13-15-22)23-16-18-8-10-20(11-9-18)19-6-4-3-5-7-19/h3-15,17,23H,16H2,1-2H3. The molecule has 0 saturated heterocycles. The number of ether oxygens (including phenoxy) is 1. The van der Waals surface area contributed by atoms with Crippen LogP contribution in [0.5, 0.6) is 5.75 Å². The summed E-state index contributed by atoms with van der Waals surface area (Å²) >= 11 is 0. The molecule has 0 radical (unpaired) electrons. The van der Waals surface area contributed by atoms with Gasteiger partial charge in [0, 0.05) is 12.2 Å². The minimum atomic E-state index is 0.201. The summed E-state index contributed by atoms with van der Waals surface area (Å²) in [4.78, 5) is 0. The number of anilines is 1. The SMILES string of the molecule is CC(C)Oc1ccc(NCc2ccc(-c3ccccc3)cc2)cc1. The van der Waals surface area contributed by atoms with Crippen LogP contribution in [0.4, 0.5) is 5.69 Å². The van der Waals surface area contributed by atoms with Crippen molar-refractivity contribution >= 4 is 5.69 Å². The highest BCUT2D eigenvalue weighted by molar-refractivity contribution is 5.63. The van der Waals surface area contributed by atoms with Crippen molar-refractivity contribution in [2.24, 2.45) is 0 Å². The first-order valence-corrected chi connectivity index (χ1v) is 8.36. The zero-order valence-electron chi connectivity index (χ0n) is 14.2. The number of hydrogen-bond donors (Lipinski definition) is 1. The van der Waals surface area contributed by atoms with Crippen LogP contribution in [0.25, 0.3) is 11.1 Å². The Kier molecular flexibility index (Phi) is 5.17. The Balaban J connectivity index is 1.59. The van der Waals surface area contributed by atoms with Crippen molar-refractivity contribution in [2.45, 2.75) is 26.5 Å². The van der Waals surface area contributed by atoms with Gasteiger partial charge in [0.05, 0.1) is 6.10 Å². The van der Waals surface area contributed by atoms with E-state index in [2.05, 4.69) is 66.0 Å². The first-order chi connectivity index (χ1) is 11.7. The van der Waals surface area contributed by atoms with Gasteiger partial charge in [0.1, 0.15) is 5.75 Å². The topological polar surface area (TPSA) is 21.3 Å². The average molecular weight is 317 g/mol. The van der Waals surface area contributed by atoms with Gasteiger partial charge in [0.2, 0.25) is 0 Å². The first-order valence-electron chi connectivity index (χ1n) is 8.36. The molecule has 3 aromatic carbocycles. The van der Waals surface area contributed by atoms with Crippen LogP contribution in [0.3, 0.4) is 0 Å². The van der Waals surface area contributed by atoms with Crippen LogP contribution in [0.15, 0.2) is 78.9 Å². The van der Waals surface area contributed by atoms with Gasteiger partial charge in [-0.05, 0) is 54.8 Å². The second-order valence-corrected chi connectivity index (χ2v) is 6.11. The van der Waals surface area contributed by atoms with E-state index in [9.17, 15) is 0 Å². The van der Waals surface area contributed by atoms with E-state index in [0.717, 1.165) is 18.0 Å². The van der Waals surface area contributed by atoms with Crippen molar-refractivity contribution in [3.05, 3.63) is 84.4 Å². The van der Waals surface area contributed by atoms with E-state index in [1.807, 2.05) is 32.0 Å². The van der Waals surface area contributed by atoms with Gasteiger partial charge in [-0.15, -0.1) is 0 Å². The van der Waals surface area contributed by atoms with Crippen LogP contribution in [-0.4, -0.2) is 6.10 Å². The van der Waals surface area contributed by atoms with Crippen LogP contribution in [0.1, 0.15) is 19.4 Å². The van der Waals surface area contributed by atoms with E-state index in [-0.39, 0.29) is 6.10 Å². The lowest BCUT2D eigenvalue weighted by Gasteiger charge is -2.11. The fourth-order valence-electron chi connectivity index (χ4n) is 2.57. The molecule has 0 aromatic heterocycles. The minimum Gasteiger partial charge on any atom is -0.491 e. The molecule has 0 aliphatic heterocycles. The lowest BCUT2D eigenvalue weighted by molar-refractivity contribution is 0.242. The molecule has 0 aliphatic rings. The smallest absolute Gasteiger partial charge is 0.119 e. The third-order valence-electron chi connectivity index (χ3n) is 3.78. The molecule has 0 heterocycles. The summed E-state index contributed by atoms with van der Waals surface area (Å²) in [5, 5.41) is 3.45. The van der Waals surface area contributed by atoms with Crippen LogP contribution in [-0.2, 0) is 6.54 Å². The van der Waals surface area contributed by atoms with Crippen molar-refractivity contribution in [2.75, 3.05) is 5.32 Å². The van der Waals surface area contributed by atoms with E-state index in [1.165, 1.54) is 16.7 Å². The van der Waals surface area contributed by atoms with Crippen molar-refractivity contribution in [1.29, 1.82) is 0 Å². The third-order valence-corrected chi connectivity index (χ3v) is 3.78. The monoisotopic (exact) mass is 317 g/mol. The highest BCUT2D eigenvalue weighted by atomic mass is 16.5. The average Bonchev–Trinajstić information content (AvgIpc) is 2.62. The molecule has 0 unspecified atom stereocenters. The fraction of sp³-hybridized carbons (Fsp3) is 0.182. The summed E-state index contributed by atoms with van der Waals surface area (Å²) < 4.78 is 5.66. The van der Waals surface area contributed by atoms with Crippen LogP contribution in [0.2, 0.25) is 0 Å². The maximum atomic E-state index is 5.66. The van der Waals surface area contributed by atoms with Crippen LogP contribution >= 0.6 is 0 Å². The number of nitrogens with one attached hydrogen (secondary N) is 1. The van der Waals surface area contributed by atoms with Gasteiger partial charge < -0.3 is 10.1 Å². The zero-order chi connectivity index (χ0) is 16.8. The molecule has 0 spiro atoms. The Labute approximate surface area is 144 Å². The summed E-state index contributed by atoms with van der Waals surface area (Å²) in [6.07, 6.45) is 0.201. The first kappa shape index (κ1) is 16.1. The Hall–Kier alpha value is -2.74. The Morgan fingerprint density at radius 3 is 2.00 bits per heavy atom. The molecular formula is C22H23NO. The van der Waals surface area contributed by atoms with E-state index in [4.69, 9.17) is 4.74 Å². The summed E-state index contributed by atoms with van der Waals surface area (Å²) in [5.41, 5.74) is 4.85. The molecule has 0 fully saturated rings. The van der Waals surface area contributed by atoms with Crippen molar-refractivity contribution in [3.63, 3.8) is 0 Å². The van der Waals surface area contributed by atoms with Gasteiger partial charge in [-0.3, -0.25) is 0 Å². The number of benzene rings is 3. The largest absolute Gasteiger partial charge is 0.491 e. The Morgan fingerprint density at radius 2 is 1.38 bits per heavy atom. The summed E-state index contributed by atoms with van der Waals surface area (Å²) in [6.45, 7) is 4.87. The minimum absolute atomic E-state index is 0.201. The second-order valence-electron chi connectivity index (χ2n) is 6.11. The third kappa shape index (κ3) is 4.39. The second kappa shape index (κ2) is 7.69. The molecule has 0 amide bonds. The van der Waals surface area contributed by atoms with Gasteiger partial charge in [-0.2, -0.15) is 0 Å². The molecule has 0 saturated carbocycles. The molecule has 122 valence electrons. The molecule has 3 rings (SSSR count). The van der Waals surface area contributed by atoms with Gasteiger partial charge in [-0.25, -0.2) is 0 Å². The highest BCUT2D eigenvalue weighted by Crippen LogP contribution is 2.20. The summed E-state index contributed by atoms with van der Waals surface area (Å²) in [6, 6.07) is 27.2. The zero-order valence-corrected chi connectivity index (χ0v) is 14.2. The van der Waals surface area contributed by atoms with Gasteiger partial charge >= 0.3 is 0 Å². The normalized spacial score (nSPS) is 10.6. The molecule has 24 heavy (non-hydrogen) atoms. The molecule has 0 bridgehead atoms. The maximum Gasteiger partial charge on any atom is 0.119 e. The lowest BCUT2D eigenvalue weighted by atomic mass is 10.0. The Bertz CT molecular complexity index is 746. The fourth-order valence-corrected chi connectivity index (χ4v) is 2.57. The Morgan fingerprint density at radius 1 is 0.750 bits per heavy atom. The quantitative estimate of drug-likeness (QED) is 0.624. The van der Waals surface area contributed by atoms with Crippen molar-refractivity contribution in [1.82, 2.24) is 0 Å². The number of rotatable bonds is 6.